The minimum absolute atomic E-state index is 0. The SMILES string of the molecule is Cl.c1ccc(C2CCN(CC[C@]3(c4ccccc4)COCc4ccccc43)CC2)cc1. The normalized spacial score (nSPS) is 21.8. The van der Waals surface area contributed by atoms with Crippen molar-refractivity contribution in [2.24, 2.45) is 0 Å². The van der Waals surface area contributed by atoms with E-state index in [1.807, 2.05) is 0 Å². The fourth-order valence-corrected chi connectivity index (χ4v) is 5.44. The smallest absolute Gasteiger partial charge is 0.0720 e. The number of benzene rings is 3. The lowest BCUT2D eigenvalue weighted by atomic mass is 9.70. The van der Waals surface area contributed by atoms with Crippen LogP contribution in [0.1, 0.15) is 47.4 Å². The standard InChI is InChI=1S/C28H31NO.ClH/c1-3-9-23(10-4-1)24-15-18-29(19-16-24)20-17-28(26-12-5-2-6-13-26)22-30-21-25-11-7-8-14-27(25)28;/h1-14,24H,15-22H2;1H/t28-;/m1./s1. The summed E-state index contributed by atoms with van der Waals surface area (Å²) in [6.45, 7) is 5.00. The van der Waals surface area contributed by atoms with Gasteiger partial charge in [-0.1, -0.05) is 84.9 Å². The van der Waals surface area contributed by atoms with Crippen LogP contribution in [0.2, 0.25) is 0 Å². The maximum atomic E-state index is 6.16. The number of hydrogen-bond acceptors (Lipinski definition) is 2. The monoisotopic (exact) mass is 433 g/mol. The van der Waals surface area contributed by atoms with Crippen LogP contribution in [0, 0.1) is 0 Å². The molecule has 2 aliphatic heterocycles. The van der Waals surface area contributed by atoms with Crippen LogP contribution in [0.15, 0.2) is 84.9 Å². The first-order valence-electron chi connectivity index (χ1n) is 11.3. The number of nitrogens with zero attached hydrogens (tertiary/aromatic N) is 1. The third-order valence-electron chi connectivity index (χ3n) is 7.18. The van der Waals surface area contributed by atoms with E-state index in [-0.39, 0.29) is 17.8 Å². The maximum Gasteiger partial charge on any atom is 0.0720 e. The molecule has 0 saturated carbocycles. The summed E-state index contributed by atoms with van der Waals surface area (Å²) in [5.74, 6) is 0.712. The minimum Gasteiger partial charge on any atom is -0.375 e. The first-order valence-corrected chi connectivity index (χ1v) is 11.3. The zero-order chi connectivity index (χ0) is 20.2. The van der Waals surface area contributed by atoms with Crippen LogP contribution in [-0.2, 0) is 16.8 Å². The van der Waals surface area contributed by atoms with Crippen LogP contribution in [0.4, 0.5) is 0 Å². The van der Waals surface area contributed by atoms with Gasteiger partial charge in [-0.3, -0.25) is 0 Å². The van der Waals surface area contributed by atoms with Crippen molar-refractivity contribution < 1.29 is 4.74 Å². The van der Waals surface area contributed by atoms with Crippen molar-refractivity contribution in [2.75, 3.05) is 26.2 Å². The Balaban J connectivity index is 0.00000231. The summed E-state index contributed by atoms with van der Waals surface area (Å²) < 4.78 is 6.16. The summed E-state index contributed by atoms with van der Waals surface area (Å²) in [7, 11) is 0. The number of ether oxygens (including phenoxy) is 1. The first-order chi connectivity index (χ1) is 14.9. The van der Waals surface area contributed by atoms with Gasteiger partial charge in [0.05, 0.1) is 13.2 Å². The number of rotatable bonds is 5. The van der Waals surface area contributed by atoms with Crippen molar-refractivity contribution in [1.82, 2.24) is 4.90 Å². The number of halogens is 1. The Hall–Kier alpha value is -2.13. The van der Waals surface area contributed by atoms with E-state index in [4.69, 9.17) is 4.74 Å². The molecule has 2 heterocycles. The van der Waals surface area contributed by atoms with E-state index in [1.165, 1.54) is 48.2 Å². The average Bonchev–Trinajstić information content (AvgIpc) is 2.84. The van der Waals surface area contributed by atoms with Gasteiger partial charge in [0.1, 0.15) is 0 Å². The molecule has 0 radical (unpaired) electrons. The van der Waals surface area contributed by atoms with Crippen molar-refractivity contribution in [3.63, 3.8) is 0 Å². The highest BCUT2D eigenvalue weighted by Gasteiger charge is 2.39. The molecule has 0 amide bonds. The van der Waals surface area contributed by atoms with Gasteiger partial charge in [-0.25, -0.2) is 0 Å². The summed E-state index contributed by atoms with van der Waals surface area (Å²) in [6.07, 6.45) is 3.62. The minimum atomic E-state index is -0.0492. The molecule has 1 atom stereocenters. The van der Waals surface area contributed by atoms with E-state index < -0.39 is 0 Å². The van der Waals surface area contributed by atoms with Crippen LogP contribution in [-0.4, -0.2) is 31.1 Å². The van der Waals surface area contributed by atoms with Gasteiger partial charge in [-0.15, -0.1) is 12.4 Å². The highest BCUT2D eigenvalue weighted by atomic mass is 35.5. The molecule has 1 fully saturated rings. The van der Waals surface area contributed by atoms with E-state index in [2.05, 4.69) is 89.8 Å². The average molecular weight is 434 g/mol. The predicted octanol–water partition coefficient (Wildman–Crippen LogP) is 6.19. The molecule has 0 bridgehead atoms. The molecular weight excluding hydrogens is 402 g/mol. The summed E-state index contributed by atoms with van der Waals surface area (Å²) in [4.78, 5) is 2.67. The fraction of sp³-hybridized carbons (Fsp3) is 0.357. The summed E-state index contributed by atoms with van der Waals surface area (Å²) in [5.41, 5.74) is 5.65. The molecule has 3 aromatic rings. The number of piperidine rings is 1. The van der Waals surface area contributed by atoms with Gasteiger partial charge in [0.2, 0.25) is 0 Å². The largest absolute Gasteiger partial charge is 0.375 e. The van der Waals surface area contributed by atoms with Crippen molar-refractivity contribution in [2.45, 2.75) is 37.2 Å². The van der Waals surface area contributed by atoms with Crippen molar-refractivity contribution >= 4 is 12.4 Å². The second-order valence-corrected chi connectivity index (χ2v) is 8.87. The van der Waals surface area contributed by atoms with Crippen LogP contribution in [0.25, 0.3) is 0 Å². The van der Waals surface area contributed by atoms with Gasteiger partial charge in [-0.05, 0) is 67.1 Å². The molecule has 162 valence electrons. The first kappa shape index (κ1) is 22.1. The Kier molecular flexibility index (Phi) is 7.12. The number of fused-ring (bicyclic) bond motifs is 1. The van der Waals surface area contributed by atoms with Gasteiger partial charge in [0.25, 0.3) is 0 Å². The van der Waals surface area contributed by atoms with Crippen LogP contribution in [0.3, 0.4) is 0 Å². The summed E-state index contributed by atoms with van der Waals surface area (Å²) >= 11 is 0. The molecule has 2 aliphatic rings. The molecule has 0 N–H and O–H groups in total. The van der Waals surface area contributed by atoms with E-state index in [0.717, 1.165) is 26.2 Å². The van der Waals surface area contributed by atoms with Gasteiger partial charge < -0.3 is 9.64 Å². The lowest BCUT2D eigenvalue weighted by molar-refractivity contribution is 0.0561. The lowest BCUT2D eigenvalue weighted by Crippen LogP contribution is -2.42. The van der Waals surface area contributed by atoms with Gasteiger partial charge >= 0.3 is 0 Å². The fourth-order valence-electron chi connectivity index (χ4n) is 5.44. The Bertz CT molecular complexity index is 953. The van der Waals surface area contributed by atoms with E-state index >= 15 is 0 Å². The van der Waals surface area contributed by atoms with Gasteiger partial charge in [-0.2, -0.15) is 0 Å². The molecular formula is C28H32ClNO. The second-order valence-electron chi connectivity index (χ2n) is 8.87. The number of likely N-dealkylation sites (tertiary alicyclic amines) is 1. The molecule has 1 saturated heterocycles. The quantitative estimate of drug-likeness (QED) is 0.475. The molecule has 0 unspecified atom stereocenters. The van der Waals surface area contributed by atoms with Crippen molar-refractivity contribution in [3.05, 3.63) is 107 Å². The van der Waals surface area contributed by atoms with Gasteiger partial charge in [0.15, 0.2) is 0 Å². The van der Waals surface area contributed by atoms with Crippen molar-refractivity contribution in [1.29, 1.82) is 0 Å². The topological polar surface area (TPSA) is 12.5 Å². The van der Waals surface area contributed by atoms with E-state index in [1.54, 1.807) is 0 Å². The zero-order valence-electron chi connectivity index (χ0n) is 18.1. The Labute approximate surface area is 192 Å². The third-order valence-corrected chi connectivity index (χ3v) is 7.18. The Morgan fingerprint density at radius 3 is 2.19 bits per heavy atom. The third kappa shape index (κ3) is 4.57. The summed E-state index contributed by atoms with van der Waals surface area (Å²) in [6, 6.07) is 30.9. The molecule has 5 rings (SSSR count). The molecule has 31 heavy (non-hydrogen) atoms. The van der Waals surface area contributed by atoms with E-state index in [0.29, 0.717) is 5.92 Å². The summed E-state index contributed by atoms with van der Waals surface area (Å²) in [5, 5.41) is 0. The molecule has 3 heteroatoms. The second kappa shape index (κ2) is 9.99. The van der Waals surface area contributed by atoms with Crippen molar-refractivity contribution in [3.8, 4) is 0 Å². The molecule has 0 aliphatic carbocycles. The molecule has 0 spiro atoms. The molecule has 0 aromatic heterocycles. The molecule has 3 aromatic carbocycles. The van der Waals surface area contributed by atoms with Crippen LogP contribution < -0.4 is 0 Å². The predicted molar refractivity (Wildman–Crippen MR) is 130 cm³/mol. The Morgan fingerprint density at radius 2 is 1.45 bits per heavy atom. The van der Waals surface area contributed by atoms with Crippen LogP contribution >= 0.6 is 12.4 Å². The van der Waals surface area contributed by atoms with Crippen LogP contribution in [0.5, 0.6) is 0 Å². The molecule has 2 nitrogen and oxygen atoms in total. The zero-order valence-corrected chi connectivity index (χ0v) is 18.9. The lowest BCUT2D eigenvalue weighted by Gasteiger charge is -2.42. The Morgan fingerprint density at radius 1 is 0.806 bits per heavy atom. The highest BCUT2D eigenvalue weighted by molar-refractivity contribution is 5.85. The maximum absolute atomic E-state index is 6.16. The highest BCUT2D eigenvalue weighted by Crippen LogP contribution is 2.41. The number of hydrogen-bond donors (Lipinski definition) is 0. The van der Waals surface area contributed by atoms with Gasteiger partial charge in [0, 0.05) is 5.41 Å². The van der Waals surface area contributed by atoms with E-state index in [9.17, 15) is 0 Å².